The molecule has 0 fully saturated rings. The molecule has 1 aromatic heterocycles. The molecule has 0 saturated carbocycles. The first-order chi connectivity index (χ1) is 7.67. The fourth-order valence-corrected chi connectivity index (χ4v) is 1.33. The maximum Gasteiger partial charge on any atom is 0.322 e. The zero-order chi connectivity index (χ0) is 12.0. The number of aromatic nitrogens is 2. The summed E-state index contributed by atoms with van der Waals surface area (Å²) in [5, 5.41) is 11.2. The molecule has 0 aliphatic carbocycles. The molecule has 6 heteroatoms. The summed E-state index contributed by atoms with van der Waals surface area (Å²) in [6.07, 6.45) is 1.43. The van der Waals surface area contributed by atoms with E-state index in [1.807, 2.05) is 13.8 Å². The first-order valence-electron chi connectivity index (χ1n) is 5.20. The molecule has 1 heterocycles. The number of nitrogens with zero attached hydrogens (tertiary/aromatic N) is 3. The molecule has 16 heavy (non-hydrogen) atoms. The fraction of sp³-hybridized carbons (Fsp3) is 0.500. The lowest BCUT2D eigenvalue weighted by Crippen LogP contribution is -2.23. The van der Waals surface area contributed by atoms with Gasteiger partial charge in [0.2, 0.25) is 0 Å². The summed E-state index contributed by atoms with van der Waals surface area (Å²) < 4.78 is 0. The zero-order valence-corrected chi connectivity index (χ0v) is 9.47. The van der Waals surface area contributed by atoms with E-state index in [0.29, 0.717) is 5.82 Å². The number of rotatable bonds is 6. The maximum atomic E-state index is 10.4. The van der Waals surface area contributed by atoms with Crippen LogP contribution in [-0.4, -0.2) is 40.7 Å². The minimum absolute atomic E-state index is 0.144. The molecule has 0 amide bonds. The molecule has 0 aromatic carbocycles. The van der Waals surface area contributed by atoms with Gasteiger partial charge in [-0.05, 0) is 13.8 Å². The van der Waals surface area contributed by atoms with E-state index in [1.165, 1.54) is 6.33 Å². The van der Waals surface area contributed by atoms with Crippen molar-refractivity contribution in [2.24, 2.45) is 0 Å². The van der Waals surface area contributed by atoms with Crippen molar-refractivity contribution < 1.29 is 9.90 Å². The van der Waals surface area contributed by atoms with Crippen LogP contribution in [0.3, 0.4) is 0 Å². The van der Waals surface area contributed by atoms with E-state index in [4.69, 9.17) is 5.11 Å². The lowest BCUT2D eigenvalue weighted by atomic mass is 10.4. The molecular formula is C10H16N4O2. The van der Waals surface area contributed by atoms with Crippen molar-refractivity contribution in [2.75, 3.05) is 29.9 Å². The van der Waals surface area contributed by atoms with E-state index < -0.39 is 5.97 Å². The Morgan fingerprint density at radius 3 is 2.69 bits per heavy atom. The number of hydrogen-bond donors (Lipinski definition) is 2. The second kappa shape index (κ2) is 5.89. The smallest absolute Gasteiger partial charge is 0.322 e. The molecular weight excluding hydrogens is 208 g/mol. The van der Waals surface area contributed by atoms with Crippen LogP contribution in [-0.2, 0) is 4.79 Å². The van der Waals surface area contributed by atoms with E-state index in [2.05, 4.69) is 20.2 Å². The topological polar surface area (TPSA) is 78.4 Å². The molecule has 0 bridgehead atoms. The van der Waals surface area contributed by atoms with E-state index >= 15 is 0 Å². The minimum atomic E-state index is -0.914. The van der Waals surface area contributed by atoms with Crippen molar-refractivity contribution in [3.8, 4) is 0 Å². The number of aliphatic carboxylic acids is 1. The van der Waals surface area contributed by atoms with Crippen molar-refractivity contribution in [3.63, 3.8) is 0 Å². The second-order valence-corrected chi connectivity index (χ2v) is 3.18. The Hall–Kier alpha value is -1.85. The Morgan fingerprint density at radius 2 is 2.12 bits per heavy atom. The third-order valence-electron chi connectivity index (χ3n) is 2.16. The van der Waals surface area contributed by atoms with Gasteiger partial charge in [-0.2, -0.15) is 0 Å². The highest BCUT2D eigenvalue weighted by atomic mass is 16.4. The number of carbonyl (C=O) groups is 1. The van der Waals surface area contributed by atoms with Gasteiger partial charge in [0.15, 0.2) is 0 Å². The summed E-state index contributed by atoms with van der Waals surface area (Å²) >= 11 is 0. The molecule has 2 N–H and O–H groups in total. The Balaban J connectivity index is 2.73. The van der Waals surface area contributed by atoms with Crippen molar-refractivity contribution >= 4 is 17.6 Å². The number of hydrogen-bond acceptors (Lipinski definition) is 5. The summed E-state index contributed by atoms with van der Waals surface area (Å²) in [4.78, 5) is 20.5. The number of carboxylic acids is 1. The van der Waals surface area contributed by atoms with E-state index in [1.54, 1.807) is 6.07 Å². The summed E-state index contributed by atoms with van der Waals surface area (Å²) in [6.45, 7) is 5.64. The largest absolute Gasteiger partial charge is 0.480 e. The van der Waals surface area contributed by atoms with Gasteiger partial charge in [0.05, 0.1) is 0 Å². The van der Waals surface area contributed by atoms with Crippen LogP contribution in [0.5, 0.6) is 0 Å². The van der Waals surface area contributed by atoms with Gasteiger partial charge in [-0.1, -0.05) is 0 Å². The summed E-state index contributed by atoms with van der Waals surface area (Å²) in [6, 6.07) is 1.75. The van der Waals surface area contributed by atoms with E-state index in [-0.39, 0.29) is 6.54 Å². The van der Waals surface area contributed by atoms with Gasteiger partial charge in [0, 0.05) is 19.2 Å². The zero-order valence-electron chi connectivity index (χ0n) is 9.47. The predicted molar refractivity (Wildman–Crippen MR) is 61.7 cm³/mol. The highest BCUT2D eigenvalue weighted by Gasteiger charge is 2.05. The normalized spacial score (nSPS) is 9.88. The third-order valence-corrected chi connectivity index (χ3v) is 2.16. The van der Waals surface area contributed by atoms with Crippen molar-refractivity contribution in [1.29, 1.82) is 0 Å². The van der Waals surface area contributed by atoms with Gasteiger partial charge in [0.25, 0.3) is 0 Å². The molecule has 6 nitrogen and oxygen atoms in total. The first-order valence-corrected chi connectivity index (χ1v) is 5.20. The van der Waals surface area contributed by atoms with Crippen LogP contribution >= 0.6 is 0 Å². The quantitative estimate of drug-likeness (QED) is 0.744. The van der Waals surface area contributed by atoms with Crippen LogP contribution < -0.4 is 10.2 Å². The Morgan fingerprint density at radius 1 is 1.44 bits per heavy atom. The Kier molecular flexibility index (Phi) is 4.50. The van der Waals surface area contributed by atoms with E-state index in [9.17, 15) is 4.79 Å². The highest BCUT2D eigenvalue weighted by molar-refractivity contribution is 5.72. The summed E-state index contributed by atoms with van der Waals surface area (Å²) in [5.74, 6) is 0.412. The van der Waals surface area contributed by atoms with Crippen LogP contribution in [0.4, 0.5) is 11.6 Å². The molecule has 0 radical (unpaired) electrons. The summed E-state index contributed by atoms with van der Waals surface area (Å²) in [5.41, 5.74) is 0. The Bertz CT molecular complexity index is 352. The van der Waals surface area contributed by atoms with Crippen LogP contribution in [0.2, 0.25) is 0 Å². The van der Waals surface area contributed by atoms with Gasteiger partial charge in [0.1, 0.15) is 24.5 Å². The molecule has 0 saturated heterocycles. The second-order valence-electron chi connectivity index (χ2n) is 3.18. The lowest BCUT2D eigenvalue weighted by Gasteiger charge is -2.19. The number of nitrogens with one attached hydrogen (secondary N) is 1. The van der Waals surface area contributed by atoms with Crippen LogP contribution in [0.25, 0.3) is 0 Å². The lowest BCUT2D eigenvalue weighted by molar-refractivity contribution is -0.134. The summed E-state index contributed by atoms with van der Waals surface area (Å²) in [7, 11) is 0. The molecule has 1 aromatic rings. The molecule has 0 unspecified atom stereocenters. The predicted octanol–water partition coefficient (Wildman–Crippen LogP) is 0.819. The maximum absolute atomic E-state index is 10.4. The molecule has 0 aliphatic heterocycles. The van der Waals surface area contributed by atoms with Crippen LogP contribution in [0.1, 0.15) is 13.8 Å². The monoisotopic (exact) mass is 224 g/mol. The number of anilines is 2. The molecule has 0 aliphatic rings. The highest BCUT2D eigenvalue weighted by Crippen LogP contribution is 2.13. The Labute approximate surface area is 94.3 Å². The first kappa shape index (κ1) is 12.2. The van der Waals surface area contributed by atoms with E-state index in [0.717, 1.165) is 18.9 Å². The van der Waals surface area contributed by atoms with Crippen molar-refractivity contribution in [3.05, 3.63) is 12.4 Å². The fourth-order valence-electron chi connectivity index (χ4n) is 1.33. The van der Waals surface area contributed by atoms with Crippen LogP contribution in [0.15, 0.2) is 12.4 Å². The average Bonchev–Trinajstić information content (AvgIpc) is 2.29. The third kappa shape index (κ3) is 3.38. The minimum Gasteiger partial charge on any atom is -0.480 e. The van der Waals surface area contributed by atoms with Gasteiger partial charge in [-0.15, -0.1) is 0 Å². The van der Waals surface area contributed by atoms with Gasteiger partial charge in [-0.25, -0.2) is 9.97 Å². The molecule has 1 rings (SSSR count). The van der Waals surface area contributed by atoms with Gasteiger partial charge < -0.3 is 15.3 Å². The average molecular weight is 224 g/mol. The SMILES string of the molecule is CCN(CC)c1cc(NCC(=O)O)ncn1. The standard InChI is InChI=1S/C10H16N4O2/c1-3-14(4-2)9-5-8(12-7-13-9)11-6-10(15)16/h5,7H,3-4,6H2,1-2H3,(H,15,16)(H,11,12,13). The van der Waals surface area contributed by atoms with Crippen molar-refractivity contribution in [1.82, 2.24) is 9.97 Å². The van der Waals surface area contributed by atoms with Gasteiger partial charge >= 0.3 is 5.97 Å². The molecule has 0 atom stereocenters. The molecule has 0 spiro atoms. The molecule has 88 valence electrons. The number of carboxylic acid groups (broad SMARTS) is 1. The van der Waals surface area contributed by atoms with Crippen LogP contribution in [0, 0.1) is 0 Å². The van der Waals surface area contributed by atoms with Crippen molar-refractivity contribution in [2.45, 2.75) is 13.8 Å². The van der Waals surface area contributed by atoms with Gasteiger partial charge in [-0.3, -0.25) is 4.79 Å².